The number of nitrogens with zero attached hydrogens (tertiary/aromatic N) is 4. The maximum atomic E-state index is 4.76. The summed E-state index contributed by atoms with van der Waals surface area (Å²) < 4.78 is 3.52. The minimum atomic E-state index is 0.291. The first-order valence-electron chi connectivity index (χ1n) is 7.71. The molecule has 2 heterocycles. The first-order chi connectivity index (χ1) is 10.8. The van der Waals surface area contributed by atoms with Crippen LogP contribution < -0.4 is 0 Å². The molecule has 22 heavy (non-hydrogen) atoms. The molecule has 0 unspecified atom stereocenters. The second-order valence-electron chi connectivity index (χ2n) is 5.64. The summed E-state index contributed by atoms with van der Waals surface area (Å²) in [5, 5.41) is 11.3. The lowest BCUT2D eigenvalue weighted by molar-refractivity contribution is 0.642. The van der Waals surface area contributed by atoms with Gasteiger partial charge in [0.1, 0.15) is 10.8 Å². The second kappa shape index (κ2) is 5.66. The van der Waals surface area contributed by atoms with Gasteiger partial charge >= 0.3 is 0 Å². The molecule has 0 saturated heterocycles. The fourth-order valence-electron chi connectivity index (χ4n) is 2.60. The van der Waals surface area contributed by atoms with Gasteiger partial charge in [-0.1, -0.05) is 23.9 Å². The Kier molecular flexibility index (Phi) is 3.66. The van der Waals surface area contributed by atoms with Crippen LogP contribution in [0.2, 0.25) is 0 Å². The minimum absolute atomic E-state index is 0.291. The highest BCUT2D eigenvalue weighted by molar-refractivity contribution is 7.99. The van der Waals surface area contributed by atoms with Crippen molar-refractivity contribution in [2.45, 2.75) is 49.6 Å². The van der Waals surface area contributed by atoms with Gasteiger partial charge < -0.3 is 4.57 Å². The molecule has 4 rings (SSSR count). The van der Waals surface area contributed by atoms with Crippen LogP contribution in [-0.4, -0.2) is 19.7 Å². The molecule has 1 aliphatic carbocycles. The van der Waals surface area contributed by atoms with Crippen molar-refractivity contribution in [1.82, 2.24) is 19.7 Å². The van der Waals surface area contributed by atoms with Gasteiger partial charge in [0.05, 0.1) is 15.5 Å². The van der Waals surface area contributed by atoms with E-state index in [1.165, 1.54) is 23.4 Å². The highest BCUT2D eigenvalue weighted by Crippen LogP contribution is 2.42. The molecule has 1 aromatic carbocycles. The molecule has 6 heteroatoms. The molecule has 4 nitrogen and oxygen atoms in total. The molecule has 0 radical (unpaired) electrons. The van der Waals surface area contributed by atoms with E-state index in [-0.39, 0.29) is 0 Å². The SMILES string of the molecule is CCn1c(S[C@H](C)c2nc3ccccc3s2)nnc1C1CC1. The molecule has 1 fully saturated rings. The Hall–Kier alpha value is -1.40. The number of para-hydroxylation sites is 1. The Labute approximate surface area is 138 Å². The molecule has 0 N–H and O–H groups in total. The van der Waals surface area contributed by atoms with Crippen LogP contribution in [0, 0.1) is 0 Å². The molecule has 0 aliphatic heterocycles. The zero-order valence-electron chi connectivity index (χ0n) is 12.7. The number of thioether (sulfide) groups is 1. The molecule has 0 bridgehead atoms. The summed E-state index contributed by atoms with van der Waals surface area (Å²) in [4.78, 5) is 4.76. The number of rotatable bonds is 5. The molecule has 1 saturated carbocycles. The number of hydrogen-bond acceptors (Lipinski definition) is 5. The Morgan fingerprint density at radius 1 is 1.32 bits per heavy atom. The molecule has 1 aliphatic rings. The molecule has 2 aromatic heterocycles. The van der Waals surface area contributed by atoms with Crippen LogP contribution in [0.3, 0.4) is 0 Å². The van der Waals surface area contributed by atoms with Gasteiger partial charge in [0, 0.05) is 12.5 Å². The van der Waals surface area contributed by atoms with Crippen LogP contribution in [0.5, 0.6) is 0 Å². The van der Waals surface area contributed by atoms with Gasteiger partial charge in [0.2, 0.25) is 0 Å². The fourth-order valence-corrected chi connectivity index (χ4v) is 4.70. The van der Waals surface area contributed by atoms with Crippen molar-refractivity contribution in [3.8, 4) is 0 Å². The average Bonchev–Trinajstić information content (AvgIpc) is 3.15. The van der Waals surface area contributed by atoms with Crippen LogP contribution in [0.1, 0.15) is 48.7 Å². The smallest absolute Gasteiger partial charge is 0.191 e. The third-order valence-corrected chi connectivity index (χ3v) is 6.40. The fraction of sp³-hybridized carbons (Fsp3) is 0.438. The average molecular weight is 330 g/mol. The molecular weight excluding hydrogens is 312 g/mol. The zero-order valence-corrected chi connectivity index (χ0v) is 14.3. The van der Waals surface area contributed by atoms with Gasteiger partial charge in [-0.2, -0.15) is 0 Å². The summed E-state index contributed by atoms with van der Waals surface area (Å²) in [5.74, 6) is 1.81. The van der Waals surface area contributed by atoms with Crippen molar-refractivity contribution < 1.29 is 0 Å². The largest absolute Gasteiger partial charge is 0.306 e. The van der Waals surface area contributed by atoms with Crippen molar-refractivity contribution in [3.63, 3.8) is 0 Å². The van der Waals surface area contributed by atoms with Crippen LogP contribution in [0.15, 0.2) is 29.4 Å². The van der Waals surface area contributed by atoms with Gasteiger partial charge in [-0.05, 0) is 38.8 Å². The summed E-state index contributed by atoms with van der Waals surface area (Å²) in [7, 11) is 0. The van der Waals surface area contributed by atoms with E-state index in [0.29, 0.717) is 11.2 Å². The van der Waals surface area contributed by atoms with Crippen molar-refractivity contribution in [1.29, 1.82) is 0 Å². The van der Waals surface area contributed by atoms with Crippen molar-refractivity contribution in [2.24, 2.45) is 0 Å². The predicted molar refractivity (Wildman–Crippen MR) is 91.6 cm³/mol. The number of benzene rings is 1. The summed E-state index contributed by atoms with van der Waals surface area (Å²) >= 11 is 3.54. The van der Waals surface area contributed by atoms with Crippen LogP contribution in [0.25, 0.3) is 10.2 Å². The third-order valence-electron chi connectivity index (χ3n) is 3.94. The van der Waals surface area contributed by atoms with E-state index in [1.54, 1.807) is 23.1 Å². The number of fused-ring (bicyclic) bond motifs is 1. The van der Waals surface area contributed by atoms with Crippen molar-refractivity contribution in [2.75, 3.05) is 0 Å². The monoisotopic (exact) mass is 330 g/mol. The van der Waals surface area contributed by atoms with Crippen molar-refractivity contribution >= 4 is 33.3 Å². The first kappa shape index (κ1) is 14.2. The minimum Gasteiger partial charge on any atom is -0.306 e. The van der Waals surface area contributed by atoms with E-state index in [1.807, 2.05) is 6.07 Å². The van der Waals surface area contributed by atoms with Crippen LogP contribution >= 0.6 is 23.1 Å². The Bertz CT molecular complexity index is 770. The molecule has 114 valence electrons. The quantitative estimate of drug-likeness (QED) is 0.639. The highest BCUT2D eigenvalue weighted by Gasteiger charge is 2.30. The molecule has 0 amide bonds. The number of thiazole rings is 1. The Morgan fingerprint density at radius 2 is 2.14 bits per heavy atom. The van der Waals surface area contributed by atoms with Crippen molar-refractivity contribution in [3.05, 3.63) is 35.1 Å². The maximum Gasteiger partial charge on any atom is 0.191 e. The van der Waals surface area contributed by atoms with Gasteiger partial charge in [-0.15, -0.1) is 21.5 Å². The van der Waals surface area contributed by atoms with E-state index in [9.17, 15) is 0 Å². The first-order valence-corrected chi connectivity index (χ1v) is 9.41. The molecule has 0 spiro atoms. The Morgan fingerprint density at radius 3 is 2.86 bits per heavy atom. The zero-order chi connectivity index (χ0) is 15.1. The molecule has 3 aromatic rings. The standard InChI is InChI=1S/C16H18N4S2/c1-3-20-14(11-8-9-11)18-19-16(20)21-10(2)15-17-12-6-4-5-7-13(12)22-15/h4-7,10-11H,3,8-9H2,1-2H3/t10-/m1/s1. The van der Waals surface area contributed by atoms with E-state index in [0.717, 1.165) is 22.2 Å². The van der Waals surface area contributed by atoms with E-state index in [4.69, 9.17) is 4.98 Å². The molecule has 1 atom stereocenters. The lowest BCUT2D eigenvalue weighted by Gasteiger charge is -2.09. The second-order valence-corrected chi connectivity index (χ2v) is 8.01. The van der Waals surface area contributed by atoms with Gasteiger partial charge in [-0.3, -0.25) is 0 Å². The highest BCUT2D eigenvalue weighted by atomic mass is 32.2. The normalized spacial score (nSPS) is 16.3. The lowest BCUT2D eigenvalue weighted by Crippen LogP contribution is -2.02. The van der Waals surface area contributed by atoms with Gasteiger partial charge in [0.15, 0.2) is 5.16 Å². The summed E-state index contributed by atoms with van der Waals surface area (Å²) in [6.07, 6.45) is 2.52. The van der Waals surface area contributed by atoms with E-state index in [2.05, 4.69) is 46.8 Å². The van der Waals surface area contributed by atoms with E-state index < -0.39 is 0 Å². The lowest BCUT2D eigenvalue weighted by atomic mass is 10.3. The summed E-state index contributed by atoms with van der Waals surface area (Å²) in [6.45, 7) is 5.31. The predicted octanol–water partition coefficient (Wildman–Crippen LogP) is 4.64. The number of aromatic nitrogens is 4. The van der Waals surface area contributed by atoms with Gasteiger partial charge in [0.25, 0.3) is 0 Å². The van der Waals surface area contributed by atoms with Gasteiger partial charge in [-0.25, -0.2) is 4.98 Å². The summed E-state index contributed by atoms with van der Waals surface area (Å²) in [6, 6.07) is 8.32. The van der Waals surface area contributed by atoms with E-state index >= 15 is 0 Å². The molecular formula is C16H18N4S2. The number of hydrogen-bond donors (Lipinski definition) is 0. The summed E-state index contributed by atoms with van der Waals surface area (Å²) in [5.41, 5.74) is 1.09. The topological polar surface area (TPSA) is 43.6 Å². The maximum absolute atomic E-state index is 4.76. The van der Waals surface area contributed by atoms with Crippen LogP contribution in [-0.2, 0) is 6.54 Å². The Balaban J connectivity index is 1.59. The van der Waals surface area contributed by atoms with Crippen LogP contribution in [0.4, 0.5) is 0 Å². The third kappa shape index (κ3) is 2.54.